The van der Waals surface area contributed by atoms with Crippen LogP contribution in [-0.4, -0.2) is 68.9 Å². The first kappa shape index (κ1) is 24.2. The lowest BCUT2D eigenvalue weighted by Crippen LogP contribution is -2.49. The summed E-state index contributed by atoms with van der Waals surface area (Å²) in [5.74, 6) is 2.52. The van der Waals surface area contributed by atoms with Gasteiger partial charge in [-0.25, -0.2) is 4.99 Å². The predicted octanol–water partition coefficient (Wildman–Crippen LogP) is 3.13. The van der Waals surface area contributed by atoms with Crippen molar-refractivity contribution in [2.24, 2.45) is 10.9 Å². The van der Waals surface area contributed by atoms with Gasteiger partial charge in [-0.15, -0.1) is 24.0 Å². The molecule has 2 aliphatic rings. The summed E-state index contributed by atoms with van der Waals surface area (Å²) in [7, 11) is 0. The topological polar surface area (TPSA) is 58.1 Å². The number of nitrogens with one attached hydrogen (secondary N) is 2. The summed E-state index contributed by atoms with van der Waals surface area (Å²) in [6, 6.07) is 10.4. The molecular formula is C22H37IN4O2. The van der Waals surface area contributed by atoms with E-state index in [0.29, 0.717) is 12.6 Å². The number of ether oxygens (including phenoxy) is 2. The van der Waals surface area contributed by atoms with E-state index in [2.05, 4.69) is 29.4 Å². The van der Waals surface area contributed by atoms with Gasteiger partial charge in [-0.3, -0.25) is 0 Å². The third-order valence-corrected chi connectivity index (χ3v) is 5.40. The Kier molecular flexibility index (Phi) is 11.1. The average Bonchev–Trinajstić information content (AvgIpc) is 3.22. The monoisotopic (exact) mass is 516 g/mol. The molecule has 3 rings (SSSR count). The van der Waals surface area contributed by atoms with E-state index in [1.165, 1.54) is 13.0 Å². The van der Waals surface area contributed by atoms with Gasteiger partial charge in [0.15, 0.2) is 5.96 Å². The van der Waals surface area contributed by atoms with Crippen LogP contribution in [0.5, 0.6) is 5.75 Å². The largest absolute Gasteiger partial charge is 0.489 e. The van der Waals surface area contributed by atoms with Gasteiger partial charge in [-0.1, -0.05) is 18.2 Å². The van der Waals surface area contributed by atoms with E-state index in [1.54, 1.807) is 0 Å². The fraction of sp³-hybridized carbons (Fsp3) is 0.682. The van der Waals surface area contributed by atoms with Gasteiger partial charge in [0, 0.05) is 38.8 Å². The molecule has 2 N–H and O–H groups in total. The van der Waals surface area contributed by atoms with Crippen molar-refractivity contribution in [3.8, 4) is 5.75 Å². The van der Waals surface area contributed by atoms with Crippen LogP contribution >= 0.6 is 24.0 Å². The van der Waals surface area contributed by atoms with Crippen molar-refractivity contribution >= 4 is 29.9 Å². The molecule has 29 heavy (non-hydrogen) atoms. The molecule has 2 fully saturated rings. The lowest BCUT2D eigenvalue weighted by atomic mass is 10.0. The Bertz CT molecular complexity index is 588. The Labute approximate surface area is 192 Å². The molecule has 2 saturated heterocycles. The molecule has 2 atom stereocenters. The maximum atomic E-state index is 5.93. The number of para-hydroxylation sites is 1. The summed E-state index contributed by atoms with van der Waals surface area (Å²) in [4.78, 5) is 7.34. The van der Waals surface area contributed by atoms with Crippen molar-refractivity contribution in [3.63, 3.8) is 0 Å². The summed E-state index contributed by atoms with van der Waals surface area (Å²) in [5, 5.41) is 6.99. The molecule has 1 aromatic rings. The standard InChI is InChI=1S/C22H36N4O2.HI/c1-3-23-22(24-15-18(2)28-21-7-5-4-6-8-21)25-20-9-12-26(13-10-20)16-19-11-14-27-17-19;/h4-8,18-20H,3,9-17H2,1-2H3,(H2,23,24,25);1H. The van der Waals surface area contributed by atoms with Crippen LogP contribution in [0.4, 0.5) is 0 Å². The number of hydrogen-bond donors (Lipinski definition) is 2. The molecule has 6 nitrogen and oxygen atoms in total. The van der Waals surface area contributed by atoms with Crippen LogP contribution in [0.2, 0.25) is 0 Å². The highest BCUT2D eigenvalue weighted by molar-refractivity contribution is 14.0. The number of likely N-dealkylation sites (tertiary alicyclic amines) is 1. The van der Waals surface area contributed by atoms with E-state index in [9.17, 15) is 0 Å². The Morgan fingerprint density at radius 1 is 1.24 bits per heavy atom. The summed E-state index contributed by atoms with van der Waals surface area (Å²) >= 11 is 0. The Morgan fingerprint density at radius 3 is 2.66 bits per heavy atom. The predicted molar refractivity (Wildman–Crippen MR) is 129 cm³/mol. The minimum absolute atomic E-state index is 0. The van der Waals surface area contributed by atoms with Crippen molar-refractivity contribution < 1.29 is 9.47 Å². The second-order valence-electron chi connectivity index (χ2n) is 7.91. The summed E-state index contributed by atoms with van der Waals surface area (Å²) in [5.41, 5.74) is 0. The smallest absolute Gasteiger partial charge is 0.191 e. The molecule has 0 aromatic heterocycles. The minimum atomic E-state index is 0. The quantitative estimate of drug-likeness (QED) is 0.316. The molecule has 2 heterocycles. The lowest BCUT2D eigenvalue weighted by Gasteiger charge is -2.34. The summed E-state index contributed by atoms with van der Waals surface area (Å²) in [6.45, 7) is 11.0. The second kappa shape index (κ2) is 13.3. The van der Waals surface area contributed by atoms with Gasteiger partial charge >= 0.3 is 0 Å². The number of rotatable bonds is 8. The molecule has 2 unspecified atom stereocenters. The van der Waals surface area contributed by atoms with E-state index in [4.69, 9.17) is 14.5 Å². The van der Waals surface area contributed by atoms with Crippen LogP contribution in [0.3, 0.4) is 0 Å². The third kappa shape index (κ3) is 8.68. The molecular weight excluding hydrogens is 479 g/mol. The molecule has 1 aromatic carbocycles. The lowest BCUT2D eigenvalue weighted by molar-refractivity contribution is 0.150. The van der Waals surface area contributed by atoms with E-state index in [1.807, 2.05) is 30.3 Å². The van der Waals surface area contributed by atoms with Crippen LogP contribution in [0.15, 0.2) is 35.3 Å². The molecule has 0 amide bonds. The van der Waals surface area contributed by atoms with E-state index < -0.39 is 0 Å². The zero-order valence-electron chi connectivity index (χ0n) is 17.8. The first-order valence-corrected chi connectivity index (χ1v) is 10.8. The first-order chi connectivity index (χ1) is 13.7. The van der Waals surface area contributed by atoms with Crippen LogP contribution in [0, 0.1) is 5.92 Å². The van der Waals surface area contributed by atoms with Gasteiger partial charge in [-0.05, 0) is 51.2 Å². The van der Waals surface area contributed by atoms with Gasteiger partial charge in [0.2, 0.25) is 0 Å². The number of halogens is 1. The highest BCUT2D eigenvalue weighted by atomic mass is 127. The van der Waals surface area contributed by atoms with E-state index in [-0.39, 0.29) is 30.1 Å². The number of piperidine rings is 1. The Morgan fingerprint density at radius 2 is 2.00 bits per heavy atom. The van der Waals surface area contributed by atoms with Gasteiger partial charge in [-0.2, -0.15) is 0 Å². The fourth-order valence-electron chi connectivity index (χ4n) is 3.85. The molecule has 2 aliphatic heterocycles. The fourth-order valence-corrected chi connectivity index (χ4v) is 3.85. The normalized spacial score (nSPS) is 22.0. The molecule has 0 bridgehead atoms. The van der Waals surface area contributed by atoms with Crippen molar-refractivity contribution in [1.82, 2.24) is 15.5 Å². The number of aliphatic imine (C=N–C) groups is 1. The zero-order chi connectivity index (χ0) is 19.6. The summed E-state index contributed by atoms with van der Waals surface area (Å²) in [6.07, 6.45) is 3.58. The number of nitrogens with zero attached hydrogens (tertiary/aromatic N) is 2. The second-order valence-corrected chi connectivity index (χ2v) is 7.91. The van der Waals surface area contributed by atoms with Crippen LogP contribution in [0.25, 0.3) is 0 Å². The van der Waals surface area contributed by atoms with Crippen LogP contribution in [0.1, 0.15) is 33.1 Å². The van der Waals surface area contributed by atoms with Crippen molar-refractivity contribution in [2.75, 3.05) is 45.9 Å². The highest BCUT2D eigenvalue weighted by Crippen LogP contribution is 2.17. The average molecular weight is 516 g/mol. The zero-order valence-corrected chi connectivity index (χ0v) is 20.1. The SMILES string of the molecule is CCNC(=NCC(C)Oc1ccccc1)NC1CCN(CC2CCOC2)CC1.I. The molecule has 0 spiro atoms. The number of benzene rings is 1. The maximum Gasteiger partial charge on any atom is 0.191 e. The highest BCUT2D eigenvalue weighted by Gasteiger charge is 2.24. The van der Waals surface area contributed by atoms with Gasteiger partial charge in [0.25, 0.3) is 0 Å². The maximum absolute atomic E-state index is 5.93. The van der Waals surface area contributed by atoms with Gasteiger partial charge < -0.3 is 25.0 Å². The van der Waals surface area contributed by atoms with Crippen molar-refractivity contribution in [3.05, 3.63) is 30.3 Å². The minimum Gasteiger partial charge on any atom is -0.489 e. The first-order valence-electron chi connectivity index (χ1n) is 10.8. The van der Waals surface area contributed by atoms with Crippen molar-refractivity contribution in [2.45, 2.75) is 45.3 Å². The number of guanidine groups is 1. The van der Waals surface area contributed by atoms with Crippen molar-refractivity contribution in [1.29, 1.82) is 0 Å². The van der Waals surface area contributed by atoms with E-state index in [0.717, 1.165) is 63.3 Å². The van der Waals surface area contributed by atoms with Gasteiger partial charge in [0.05, 0.1) is 13.2 Å². The van der Waals surface area contributed by atoms with E-state index >= 15 is 0 Å². The Hall–Kier alpha value is -1.06. The molecule has 0 aliphatic carbocycles. The third-order valence-electron chi connectivity index (χ3n) is 5.40. The molecule has 7 heteroatoms. The molecule has 164 valence electrons. The van der Waals surface area contributed by atoms with Gasteiger partial charge in [0.1, 0.15) is 11.9 Å². The van der Waals surface area contributed by atoms with Crippen LogP contribution in [-0.2, 0) is 4.74 Å². The van der Waals surface area contributed by atoms with Crippen LogP contribution < -0.4 is 15.4 Å². The summed E-state index contributed by atoms with van der Waals surface area (Å²) < 4.78 is 11.4. The Balaban J connectivity index is 0.00000300. The molecule has 0 saturated carbocycles. The molecule has 0 radical (unpaired) electrons. The number of hydrogen-bond acceptors (Lipinski definition) is 4.